The monoisotopic (exact) mass is 544 g/mol. The predicted octanol–water partition coefficient (Wildman–Crippen LogP) is 6.28. The molecule has 0 aliphatic heterocycles. The first-order chi connectivity index (χ1) is 19.4. The molecular weight excluding hydrogens is 500 g/mol. The van der Waals surface area contributed by atoms with Gasteiger partial charge in [0.25, 0.3) is 0 Å². The Balaban J connectivity index is 1.87. The summed E-state index contributed by atoms with van der Waals surface area (Å²) >= 11 is 0. The number of hydrogen-bond acceptors (Lipinski definition) is 4. The van der Waals surface area contributed by atoms with Crippen molar-refractivity contribution >= 4 is 11.8 Å². The SMILES string of the molecule is CCCCNC(=O)[C@@H](Cc1ccccc1)N(Cc1ccc(C)cc1)C(=O)CCc1ccc(OCC)c(OCC)c1. The van der Waals surface area contributed by atoms with Crippen LogP contribution in [0, 0.1) is 6.92 Å². The van der Waals surface area contributed by atoms with Crippen LogP contribution >= 0.6 is 0 Å². The van der Waals surface area contributed by atoms with Crippen LogP contribution in [0.25, 0.3) is 0 Å². The van der Waals surface area contributed by atoms with Crippen LogP contribution in [-0.2, 0) is 29.0 Å². The molecule has 0 spiro atoms. The molecule has 0 aliphatic rings. The number of carbonyl (C=O) groups excluding carboxylic acids is 2. The number of ether oxygens (including phenoxy) is 2. The van der Waals surface area contributed by atoms with Gasteiger partial charge >= 0.3 is 0 Å². The molecule has 214 valence electrons. The van der Waals surface area contributed by atoms with Crippen molar-refractivity contribution in [1.82, 2.24) is 10.2 Å². The van der Waals surface area contributed by atoms with E-state index in [9.17, 15) is 9.59 Å². The Bertz CT molecular complexity index is 1190. The maximum absolute atomic E-state index is 13.9. The van der Waals surface area contributed by atoms with E-state index in [2.05, 4.69) is 12.2 Å². The standard InChI is InChI=1S/C34H44N2O4/c1-5-8-22-35-34(38)30(23-27-12-10-9-11-13-27)36(25-29-16-14-26(4)15-17-29)33(37)21-19-28-18-20-31(39-6-2)32(24-28)40-7-3/h9-18,20,24,30H,5-8,19,21-23,25H2,1-4H3,(H,35,38)/t30-/m1/s1. The van der Waals surface area contributed by atoms with Crippen LogP contribution in [0.4, 0.5) is 0 Å². The molecule has 3 aromatic carbocycles. The minimum atomic E-state index is -0.618. The van der Waals surface area contributed by atoms with E-state index in [1.54, 1.807) is 4.90 Å². The number of unbranched alkanes of at least 4 members (excludes halogenated alkanes) is 1. The lowest BCUT2D eigenvalue weighted by atomic mass is 10.0. The molecule has 6 heteroatoms. The van der Waals surface area contributed by atoms with Gasteiger partial charge in [-0.1, -0.05) is 79.6 Å². The number of nitrogens with one attached hydrogen (secondary N) is 1. The number of carbonyl (C=O) groups is 2. The molecule has 0 aromatic heterocycles. The van der Waals surface area contributed by atoms with Gasteiger partial charge in [0.15, 0.2) is 11.5 Å². The second-order valence-electron chi connectivity index (χ2n) is 10.0. The van der Waals surface area contributed by atoms with Crippen molar-refractivity contribution in [3.63, 3.8) is 0 Å². The number of rotatable bonds is 16. The van der Waals surface area contributed by atoms with Crippen LogP contribution in [-0.4, -0.2) is 42.5 Å². The Kier molecular flexibility index (Phi) is 12.6. The number of hydrogen-bond donors (Lipinski definition) is 1. The molecule has 0 aliphatic carbocycles. The lowest BCUT2D eigenvalue weighted by Crippen LogP contribution is -2.50. The molecule has 6 nitrogen and oxygen atoms in total. The molecule has 0 unspecified atom stereocenters. The van der Waals surface area contributed by atoms with Gasteiger partial charge < -0.3 is 19.7 Å². The number of nitrogens with zero attached hydrogens (tertiary/aromatic N) is 1. The lowest BCUT2D eigenvalue weighted by molar-refractivity contribution is -0.141. The Morgan fingerprint density at radius 3 is 2.17 bits per heavy atom. The van der Waals surface area contributed by atoms with Crippen molar-refractivity contribution in [2.24, 2.45) is 0 Å². The first-order valence-electron chi connectivity index (χ1n) is 14.5. The summed E-state index contributed by atoms with van der Waals surface area (Å²) in [5.74, 6) is 1.21. The summed E-state index contributed by atoms with van der Waals surface area (Å²) in [5, 5.41) is 3.08. The zero-order valence-electron chi connectivity index (χ0n) is 24.4. The zero-order valence-corrected chi connectivity index (χ0v) is 24.4. The highest BCUT2D eigenvalue weighted by molar-refractivity contribution is 5.88. The quantitative estimate of drug-likeness (QED) is 0.216. The smallest absolute Gasteiger partial charge is 0.243 e. The van der Waals surface area contributed by atoms with Gasteiger partial charge in [0.2, 0.25) is 11.8 Å². The summed E-state index contributed by atoms with van der Waals surface area (Å²) in [6.07, 6.45) is 3.15. The molecule has 0 bridgehead atoms. The average molecular weight is 545 g/mol. The molecule has 1 N–H and O–H groups in total. The summed E-state index contributed by atoms with van der Waals surface area (Å²) in [5.41, 5.74) is 4.16. The van der Waals surface area contributed by atoms with Gasteiger partial charge in [-0.3, -0.25) is 9.59 Å². The Morgan fingerprint density at radius 1 is 0.825 bits per heavy atom. The van der Waals surface area contributed by atoms with Gasteiger partial charge in [-0.15, -0.1) is 0 Å². The van der Waals surface area contributed by atoms with E-state index in [4.69, 9.17) is 9.47 Å². The van der Waals surface area contributed by atoms with E-state index in [0.717, 1.165) is 35.1 Å². The third-order valence-electron chi connectivity index (χ3n) is 6.81. The van der Waals surface area contributed by atoms with Gasteiger partial charge in [-0.25, -0.2) is 0 Å². The van der Waals surface area contributed by atoms with Crippen molar-refractivity contribution < 1.29 is 19.1 Å². The maximum atomic E-state index is 13.9. The fraction of sp³-hybridized carbons (Fsp3) is 0.412. The highest BCUT2D eigenvalue weighted by Crippen LogP contribution is 2.29. The second-order valence-corrected chi connectivity index (χ2v) is 10.0. The van der Waals surface area contributed by atoms with Gasteiger partial charge in [0, 0.05) is 25.9 Å². The molecule has 1 atom stereocenters. The van der Waals surface area contributed by atoms with Crippen molar-refractivity contribution in [3.05, 3.63) is 95.1 Å². The van der Waals surface area contributed by atoms with Crippen molar-refractivity contribution in [2.45, 2.75) is 72.4 Å². The third-order valence-corrected chi connectivity index (χ3v) is 6.81. The Labute approximate surface area is 239 Å². The molecule has 0 heterocycles. The van der Waals surface area contributed by atoms with Gasteiger partial charge in [-0.2, -0.15) is 0 Å². The second kappa shape index (κ2) is 16.3. The largest absolute Gasteiger partial charge is 0.490 e. The van der Waals surface area contributed by atoms with Crippen molar-refractivity contribution in [3.8, 4) is 11.5 Å². The number of aryl methyl sites for hydroxylation is 2. The summed E-state index contributed by atoms with van der Waals surface area (Å²) in [7, 11) is 0. The summed E-state index contributed by atoms with van der Waals surface area (Å²) in [6, 6.07) is 23.3. The fourth-order valence-electron chi connectivity index (χ4n) is 4.60. The first-order valence-corrected chi connectivity index (χ1v) is 14.5. The Morgan fingerprint density at radius 2 is 1.50 bits per heavy atom. The zero-order chi connectivity index (χ0) is 28.7. The van der Waals surface area contributed by atoms with E-state index in [0.29, 0.717) is 50.6 Å². The first kappa shape index (κ1) is 30.7. The molecule has 3 rings (SSSR count). The average Bonchev–Trinajstić information content (AvgIpc) is 2.96. The van der Waals surface area contributed by atoms with Crippen LogP contribution in [0.1, 0.15) is 62.3 Å². The van der Waals surface area contributed by atoms with Crippen LogP contribution in [0.5, 0.6) is 11.5 Å². The van der Waals surface area contributed by atoms with Crippen molar-refractivity contribution in [2.75, 3.05) is 19.8 Å². The van der Waals surface area contributed by atoms with Crippen LogP contribution in [0.15, 0.2) is 72.8 Å². The minimum Gasteiger partial charge on any atom is -0.490 e. The molecular formula is C34H44N2O4. The number of benzene rings is 3. The van der Waals surface area contributed by atoms with E-state index in [1.807, 2.05) is 93.6 Å². The van der Waals surface area contributed by atoms with E-state index < -0.39 is 6.04 Å². The normalized spacial score (nSPS) is 11.5. The lowest BCUT2D eigenvalue weighted by Gasteiger charge is -2.32. The Hall–Kier alpha value is -3.80. The van der Waals surface area contributed by atoms with E-state index in [-0.39, 0.29) is 18.2 Å². The van der Waals surface area contributed by atoms with Crippen LogP contribution < -0.4 is 14.8 Å². The van der Waals surface area contributed by atoms with Crippen LogP contribution in [0.3, 0.4) is 0 Å². The highest BCUT2D eigenvalue weighted by atomic mass is 16.5. The number of amides is 2. The molecule has 40 heavy (non-hydrogen) atoms. The van der Waals surface area contributed by atoms with E-state index >= 15 is 0 Å². The summed E-state index contributed by atoms with van der Waals surface area (Å²) < 4.78 is 11.5. The topological polar surface area (TPSA) is 67.9 Å². The molecule has 0 radical (unpaired) electrons. The summed E-state index contributed by atoms with van der Waals surface area (Å²) in [6.45, 7) is 10.1. The maximum Gasteiger partial charge on any atom is 0.243 e. The molecule has 0 saturated carbocycles. The van der Waals surface area contributed by atoms with Crippen LogP contribution in [0.2, 0.25) is 0 Å². The molecule has 0 saturated heterocycles. The predicted molar refractivity (Wildman–Crippen MR) is 161 cm³/mol. The van der Waals surface area contributed by atoms with Gasteiger partial charge in [-0.05, 0) is 62.4 Å². The highest BCUT2D eigenvalue weighted by Gasteiger charge is 2.30. The minimum absolute atomic E-state index is 0.0565. The van der Waals surface area contributed by atoms with Gasteiger partial charge in [0.1, 0.15) is 6.04 Å². The van der Waals surface area contributed by atoms with Crippen molar-refractivity contribution in [1.29, 1.82) is 0 Å². The molecule has 2 amide bonds. The van der Waals surface area contributed by atoms with Gasteiger partial charge in [0.05, 0.1) is 13.2 Å². The molecule has 3 aromatic rings. The fourth-order valence-corrected chi connectivity index (χ4v) is 4.60. The molecule has 0 fully saturated rings. The summed E-state index contributed by atoms with van der Waals surface area (Å²) in [4.78, 5) is 29.3. The third kappa shape index (κ3) is 9.44. The van der Waals surface area contributed by atoms with E-state index in [1.165, 1.54) is 0 Å².